The molecule has 2 aromatic rings. The average Bonchev–Trinajstić information content (AvgIpc) is 3.15. The summed E-state index contributed by atoms with van der Waals surface area (Å²) < 4.78 is 10.5. The van der Waals surface area contributed by atoms with Crippen LogP contribution in [-0.4, -0.2) is 18.9 Å². The Bertz CT molecular complexity index is 694. The molecule has 108 valence electrons. The fourth-order valence-electron chi connectivity index (χ4n) is 1.91. The summed E-state index contributed by atoms with van der Waals surface area (Å²) >= 11 is 1.58. The SMILES string of the molecule is CCc1cc(C(=O)NN=Cc2ccc3c(c2)OCO3)cs1. The fraction of sp³-hybridized carbons (Fsp3) is 0.200. The van der Waals surface area contributed by atoms with Crippen LogP contribution in [0.3, 0.4) is 0 Å². The number of rotatable bonds is 4. The number of amides is 1. The zero-order chi connectivity index (χ0) is 14.7. The number of aryl methyl sites for hydroxylation is 1. The van der Waals surface area contributed by atoms with E-state index in [0.29, 0.717) is 11.3 Å². The van der Waals surface area contributed by atoms with Crippen molar-refractivity contribution in [3.8, 4) is 11.5 Å². The van der Waals surface area contributed by atoms with Gasteiger partial charge in [-0.2, -0.15) is 5.10 Å². The molecule has 1 aliphatic rings. The van der Waals surface area contributed by atoms with E-state index in [9.17, 15) is 4.79 Å². The van der Waals surface area contributed by atoms with Gasteiger partial charge in [-0.1, -0.05) is 6.92 Å². The highest BCUT2D eigenvalue weighted by Gasteiger charge is 2.12. The van der Waals surface area contributed by atoms with E-state index in [2.05, 4.69) is 17.5 Å². The first-order valence-corrected chi connectivity index (χ1v) is 7.44. The second-order valence-electron chi connectivity index (χ2n) is 4.47. The minimum absolute atomic E-state index is 0.206. The Labute approximate surface area is 126 Å². The van der Waals surface area contributed by atoms with Gasteiger partial charge in [-0.05, 0) is 36.2 Å². The minimum atomic E-state index is -0.206. The molecule has 1 aromatic heterocycles. The summed E-state index contributed by atoms with van der Waals surface area (Å²) in [6.07, 6.45) is 2.51. The van der Waals surface area contributed by atoms with Gasteiger partial charge in [0.25, 0.3) is 5.91 Å². The van der Waals surface area contributed by atoms with Crippen LogP contribution >= 0.6 is 11.3 Å². The van der Waals surface area contributed by atoms with Crippen LogP contribution in [0.15, 0.2) is 34.7 Å². The Balaban J connectivity index is 1.62. The quantitative estimate of drug-likeness (QED) is 0.698. The Kier molecular flexibility index (Phi) is 3.87. The topological polar surface area (TPSA) is 59.9 Å². The summed E-state index contributed by atoms with van der Waals surface area (Å²) in [7, 11) is 0. The molecule has 0 unspecified atom stereocenters. The van der Waals surface area contributed by atoms with Gasteiger partial charge in [0, 0.05) is 10.3 Å². The van der Waals surface area contributed by atoms with Crippen LogP contribution in [-0.2, 0) is 6.42 Å². The van der Waals surface area contributed by atoms with Gasteiger partial charge in [0.1, 0.15) is 0 Å². The van der Waals surface area contributed by atoms with E-state index in [-0.39, 0.29) is 12.7 Å². The molecule has 0 aliphatic carbocycles. The smallest absolute Gasteiger partial charge is 0.272 e. The number of carbonyl (C=O) groups is 1. The van der Waals surface area contributed by atoms with E-state index in [1.165, 1.54) is 4.88 Å². The number of ether oxygens (including phenoxy) is 2. The molecule has 1 aliphatic heterocycles. The zero-order valence-electron chi connectivity index (χ0n) is 11.5. The van der Waals surface area contributed by atoms with E-state index in [4.69, 9.17) is 9.47 Å². The summed E-state index contributed by atoms with van der Waals surface area (Å²) in [4.78, 5) is 13.1. The van der Waals surface area contributed by atoms with Crippen LogP contribution in [0.25, 0.3) is 0 Å². The third kappa shape index (κ3) is 3.05. The number of carbonyl (C=O) groups excluding carboxylic acids is 1. The molecule has 3 rings (SSSR count). The maximum atomic E-state index is 11.9. The maximum absolute atomic E-state index is 11.9. The fourth-order valence-corrected chi connectivity index (χ4v) is 2.72. The molecule has 21 heavy (non-hydrogen) atoms. The number of hydrogen-bond donors (Lipinski definition) is 1. The molecule has 5 nitrogen and oxygen atoms in total. The van der Waals surface area contributed by atoms with Crippen molar-refractivity contribution in [3.63, 3.8) is 0 Å². The number of hydrazone groups is 1. The van der Waals surface area contributed by atoms with E-state index in [1.807, 2.05) is 29.6 Å². The van der Waals surface area contributed by atoms with Gasteiger partial charge < -0.3 is 9.47 Å². The molecule has 0 atom stereocenters. The number of nitrogens with one attached hydrogen (secondary N) is 1. The molecule has 0 radical (unpaired) electrons. The van der Waals surface area contributed by atoms with Crippen molar-refractivity contribution in [3.05, 3.63) is 45.6 Å². The normalized spacial score (nSPS) is 12.8. The maximum Gasteiger partial charge on any atom is 0.272 e. The van der Waals surface area contributed by atoms with Crippen molar-refractivity contribution >= 4 is 23.5 Å². The van der Waals surface area contributed by atoms with E-state index >= 15 is 0 Å². The molecule has 0 bridgehead atoms. The van der Waals surface area contributed by atoms with Crippen LogP contribution in [0.2, 0.25) is 0 Å². The molecule has 2 heterocycles. The van der Waals surface area contributed by atoms with E-state index in [1.54, 1.807) is 17.6 Å². The highest BCUT2D eigenvalue weighted by Crippen LogP contribution is 2.31. The zero-order valence-corrected chi connectivity index (χ0v) is 12.3. The molecule has 0 spiro atoms. The predicted molar refractivity (Wildman–Crippen MR) is 81.3 cm³/mol. The molecular formula is C15H14N2O3S. The van der Waals surface area contributed by atoms with Gasteiger partial charge >= 0.3 is 0 Å². The lowest BCUT2D eigenvalue weighted by Crippen LogP contribution is -2.16. The molecule has 0 saturated heterocycles. The van der Waals surface area contributed by atoms with Crippen molar-refractivity contribution in [2.45, 2.75) is 13.3 Å². The lowest BCUT2D eigenvalue weighted by Gasteiger charge is -1.98. The van der Waals surface area contributed by atoms with Crippen LogP contribution in [0.5, 0.6) is 11.5 Å². The third-order valence-electron chi connectivity index (χ3n) is 3.04. The van der Waals surface area contributed by atoms with Crippen molar-refractivity contribution in [2.75, 3.05) is 6.79 Å². The standard InChI is InChI=1S/C15H14N2O3S/c1-2-12-6-11(8-21-12)15(18)17-16-7-10-3-4-13-14(5-10)20-9-19-13/h3-8H,2,9H2,1H3,(H,17,18). The van der Waals surface area contributed by atoms with Crippen molar-refractivity contribution in [2.24, 2.45) is 5.10 Å². The summed E-state index contributed by atoms with van der Waals surface area (Å²) in [5.41, 5.74) is 3.99. The molecule has 1 aromatic carbocycles. The largest absolute Gasteiger partial charge is 0.454 e. The third-order valence-corrected chi connectivity index (χ3v) is 4.12. The lowest BCUT2D eigenvalue weighted by molar-refractivity contribution is 0.0955. The number of nitrogens with zero attached hydrogens (tertiary/aromatic N) is 1. The molecule has 1 amide bonds. The first-order valence-electron chi connectivity index (χ1n) is 6.56. The Hall–Kier alpha value is -2.34. The number of fused-ring (bicyclic) bond motifs is 1. The van der Waals surface area contributed by atoms with Gasteiger partial charge in [0.05, 0.1) is 11.8 Å². The summed E-state index contributed by atoms with van der Waals surface area (Å²) in [6, 6.07) is 7.37. The molecule has 6 heteroatoms. The van der Waals surface area contributed by atoms with Gasteiger partial charge in [-0.3, -0.25) is 4.79 Å². The number of thiophene rings is 1. The summed E-state index contributed by atoms with van der Waals surface area (Å²) in [6.45, 7) is 2.30. The van der Waals surface area contributed by atoms with Crippen LogP contribution < -0.4 is 14.9 Å². The Morgan fingerprint density at radius 3 is 3.05 bits per heavy atom. The van der Waals surface area contributed by atoms with Gasteiger partial charge in [0.15, 0.2) is 11.5 Å². The highest BCUT2D eigenvalue weighted by atomic mass is 32.1. The van der Waals surface area contributed by atoms with Crippen molar-refractivity contribution in [1.82, 2.24) is 5.43 Å². The van der Waals surface area contributed by atoms with Crippen LogP contribution in [0, 0.1) is 0 Å². The van der Waals surface area contributed by atoms with Crippen LogP contribution in [0.1, 0.15) is 27.7 Å². The highest BCUT2D eigenvalue weighted by molar-refractivity contribution is 7.10. The van der Waals surface area contributed by atoms with Crippen LogP contribution in [0.4, 0.5) is 0 Å². The van der Waals surface area contributed by atoms with E-state index in [0.717, 1.165) is 17.7 Å². The summed E-state index contributed by atoms with van der Waals surface area (Å²) in [5, 5.41) is 5.80. The molecule has 0 fully saturated rings. The number of hydrogen-bond acceptors (Lipinski definition) is 5. The monoisotopic (exact) mass is 302 g/mol. The van der Waals surface area contributed by atoms with Gasteiger partial charge in [0.2, 0.25) is 6.79 Å². The second kappa shape index (κ2) is 5.97. The summed E-state index contributed by atoms with van der Waals surface area (Å²) in [5.74, 6) is 1.21. The minimum Gasteiger partial charge on any atom is -0.454 e. The molecular weight excluding hydrogens is 288 g/mol. The number of benzene rings is 1. The van der Waals surface area contributed by atoms with Gasteiger partial charge in [-0.25, -0.2) is 5.43 Å². The first-order chi connectivity index (χ1) is 10.3. The Morgan fingerprint density at radius 2 is 2.24 bits per heavy atom. The lowest BCUT2D eigenvalue weighted by atomic mass is 10.2. The van der Waals surface area contributed by atoms with Crippen molar-refractivity contribution in [1.29, 1.82) is 0 Å². The predicted octanol–water partition coefficient (Wildman–Crippen LogP) is 2.80. The first kappa shape index (κ1) is 13.6. The average molecular weight is 302 g/mol. The van der Waals surface area contributed by atoms with Gasteiger partial charge in [-0.15, -0.1) is 11.3 Å². The molecule has 1 N–H and O–H groups in total. The van der Waals surface area contributed by atoms with Crippen molar-refractivity contribution < 1.29 is 14.3 Å². The second-order valence-corrected chi connectivity index (χ2v) is 5.46. The Morgan fingerprint density at radius 1 is 1.38 bits per heavy atom. The van der Waals surface area contributed by atoms with E-state index < -0.39 is 0 Å². The molecule has 0 saturated carbocycles.